The highest BCUT2D eigenvalue weighted by Gasteiger charge is 2.29. The quantitative estimate of drug-likeness (QED) is 0.383. The molecule has 0 amide bonds. The van der Waals surface area contributed by atoms with Crippen molar-refractivity contribution < 1.29 is 4.74 Å². The fourth-order valence-electron chi connectivity index (χ4n) is 4.61. The lowest BCUT2D eigenvalue weighted by molar-refractivity contribution is 0.0984. The number of hydrogen-bond donors (Lipinski definition) is 3. The van der Waals surface area contributed by atoms with E-state index in [4.69, 9.17) is 14.7 Å². The van der Waals surface area contributed by atoms with E-state index in [1.54, 1.807) is 12.4 Å². The molecule has 2 aliphatic rings. The highest BCUT2D eigenvalue weighted by Crippen LogP contribution is 2.32. The van der Waals surface area contributed by atoms with E-state index in [1.165, 1.54) is 5.56 Å². The molecule has 0 saturated carbocycles. The Bertz CT molecular complexity index is 1400. The van der Waals surface area contributed by atoms with Gasteiger partial charge in [-0.15, -0.1) is 5.10 Å². The van der Waals surface area contributed by atoms with Crippen molar-refractivity contribution >= 4 is 23.4 Å². The molecule has 3 N–H and O–H groups in total. The number of benzene rings is 1. The van der Waals surface area contributed by atoms with Crippen LogP contribution in [-0.4, -0.2) is 67.5 Å². The van der Waals surface area contributed by atoms with Gasteiger partial charge in [0.25, 0.3) is 0 Å². The highest BCUT2D eigenvalue weighted by molar-refractivity contribution is 5.65. The maximum absolute atomic E-state index is 11.3. The van der Waals surface area contributed by atoms with E-state index in [0.29, 0.717) is 37.5 Å². The van der Waals surface area contributed by atoms with E-state index < -0.39 is 0 Å². The summed E-state index contributed by atoms with van der Waals surface area (Å²) in [5.41, 5.74) is 3.49. The molecule has 0 spiro atoms. The smallest absolute Gasteiger partial charge is 0.342 e. The first kappa shape index (κ1) is 22.2. The van der Waals surface area contributed by atoms with Crippen molar-refractivity contribution in [2.24, 2.45) is 0 Å². The maximum atomic E-state index is 11.3. The second-order valence-corrected chi connectivity index (χ2v) is 8.86. The molecule has 184 valence electrons. The van der Waals surface area contributed by atoms with E-state index >= 15 is 0 Å². The molecule has 1 fully saturated rings. The Kier molecular flexibility index (Phi) is 5.77. The number of hydrogen-bond acceptors (Lipinski definition) is 10. The summed E-state index contributed by atoms with van der Waals surface area (Å²) < 4.78 is 5.68. The Labute approximate surface area is 206 Å². The Balaban J connectivity index is 1.35. The summed E-state index contributed by atoms with van der Waals surface area (Å²) in [6.07, 6.45) is 4.34. The first-order chi connectivity index (χ1) is 17.6. The van der Waals surface area contributed by atoms with Crippen LogP contribution < -0.4 is 20.8 Å². The van der Waals surface area contributed by atoms with Crippen LogP contribution in [0.3, 0.4) is 0 Å². The summed E-state index contributed by atoms with van der Waals surface area (Å²) in [6, 6.07) is 9.79. The van der Waals surface area contributed by atoms with Crippen LogP contribution >= 0.6 is 0 Å². The molecule has 0 bridgehead atoms. The van der Waals surface area contributed by atoms with Crippen molar-refractivity contribution in [1.82, 2.24) is 35.1 Å². The number of ether oxygens (including phenoxy) is 1. The first-order valence-electron chi connectivity index (χ1n) is 11.9. The summed E-state index contributed by atoms with van der Waals surface area (Å²) in [7, 11) is 0. The molecule has 3 aromatic heterocycles. The molecule has 0 radical (unpaired) electrons. The lowest BCUT2D eigenvalue weighted by atomic mass is 10.0. The van der Waals surface area contributed by atoms with Gasteiger partial charge in [-0.2, -0.15) is 0 Å². The molecule has 0 unspecified atom stereocenters. The van der Waals surface area contributed by atoms with Gasteiger partial charge in [0.2, 0.25) is 11.9 Å². The number of aromatic nitrogens is 7. The van der Waals surface area contributed by atoms with Crippen molar-refractivity contribution in [3.05, 3.63) is 64.5 Å². The Morgan fingerprint density at radius 3 is 2.69 bits per heavy atom. The monoisotopic (exact) mass is 486 g/mol. The molecule has 2 aliphatic heterocycles. The van der Waals surface area contributed by atoms with E-state index in [1.807, 2.05) is 30.3 Å². The van der Waals surface area contributed by atoms with Gasteiger partial charge in [0, 0.05) is 42.3 Å². The Morgan fingerprint density at radius 2 is 1.94 bits per heavy atom. The zero-order chi connectivity index (χ0) is 24.5. The molecule has 0 aliphatic carbocycles. The molecule has 12 nitrogen and oxygen atoms in total. The third-order valence-electron chi connectivity index (χ3n) is 6.42. The normalized spacial score (nSPS) is 17.6. The number of nitrogens with zero attached hydrogens (tertiary/aromatic N) is 7. The average molecular weight is 487 g/mol. The minimum absolute atomic E-state index is 0.226. The second-order valence-electron chi connectivity index (χ2n) is 8.86. The van der Waals surface area contributed by atoms with Crippen LogP contribution in [0.2, 0.25) is 0 Å². The number of nitrogens with one attached hydrogen (secondary N) is 3. The summed E-state index contributed by atoms with van der Waals surface area (Å²) in [5, 5.41) is 9.29. The Morgan fingerprint density at radius 1 is 1.11 bits per heavy atom. The van der Waals surface area contributed by atoms with E-state index in [9.17, 15) is 4.79 Å². The number of anilines is 4. The molecule has 4 aromatic rings. The standard InChI is InChI=1S/C24H26N10O2/c1-15-14-36-12-11-34(15)21-18-7-10-33(23-25-8-2-9-26-23)13-19(18)28-20(29-21)16-3-5-17(6-4-16)27-22-30-24(35)32-31-22/h2-6,8-9,15H,7,10-14H2,1H3,(H3,27,30,31,32,35)/t15-/m0/s1. The predicted molar refractivity (Wildman–Crippen MR) is 134 cm³/mol. The summed E-state index contributed by atoms with van der Waals surface area (Å²) in [6.45, 7) is 5.74. The van der Waals surface area contributed by atoms with Gasteiger partial charge < -0.3 is 19.9 Å². The summed E-state index contributed by atoms with van der Waals surface area (Å²) in [5.74, 6) is 2.70. The van der Waals surface area contributed by atoms with Gasteiger partial charge in [-0.3, -0.25) is 4.98 Å². The largest absolute Gasteiger partial charge is 0.377 e. The minimum atomic E-state index is -0.364. The van der Waals surface area contributed by atoms with Crippen molar-refractivity contribution in [2.45, 2.75) is 25.9 Å². The lowest BCUT2D eigenvalue weighted by Gasteiger charge is -2.37. The minimum Gasteiger partial charge on any atom is -0.377 e. The zero-order valence-corrected chi connectivity index (χ0v) is 19.8. The molecule has 1 aromatic carbocycles. The predicted octanol–water partition coefficient (Wildman–Crippen LogP) is 1.88. The van der Waals surface area contributed by atoms with Gasteiger partial charge in [-0.1, -0.05) is 0 Å². The topological polar surface area (TPSA) is 141 Å². The zero-order valence-electron chi connectivity index (χ0n) is 19.8. The fraction of sp³-hybridized carbons (Fsp3) is 0.333. The number of fused-ring (bicyclic) bond motifs is 1. The lowest BCUT2D eigenvalue weighted by Crippen LogP contribution is -2.45. The number of H-pyrrole nitrogens is 2. The van der Waals surface area contributed by atoms with Gasteiger partial charge in [0.1, 0.15) is 5.82 Å². The molecule has 12 heteroatoms. The highest BCUT2D eigenvalue weighted by atomic mass is 16.5. The Hall–Kier alpha value is -4.32. The summed E-state index contributed by atoms with van der Waals surface area (Å²) in [4.78, 5) is 37.3. The van der Waals surface area contributed by atoms with Gasteiger partial charge in [-0.25, -0.2) is 29.8 Å². The van der Waals surface area contributed by atoms with E-state index in [-0.39, 0.29) is 11.7 Å². The van der Waals surface area contributed by atoms with Crippen molar-refractivity contribution in [2.75, 3.05) is 41.4 Å². The van der Waals surface area contributed by atoms with Crippen LogP contribution in [-0.2, 0) is 17.7 Å². The first-order valence-corrected chi connectivity index (χ1v) is 11.9. The van der Waals surface area contributed by atoms with Crippen LogP contribution in [0, 0.1) is 0 Å². The second kappa shape index (κ2) is 9.38. The number of rotatable bonds is 5. The average Bonchev–Trinajstić information content (AvgIpc) is 3.33. The molecular weight excluding hydrogens is 460 g/mol. The third kappa shape index (κ3) is 4.38. The van der Waals surface area contributed by atoms with Gasteiger partial charge in [0.15, 0.2) is 5.82 Å². The van der Waals surface area contributed by atoms with E-state index in [2.05, 4.69) is 47.2 Å². The van der Waals surface area contributed by atoms with Crippen LogP contribution in [0.15, 0.2) is 47.5 Å². The third-order valence-corrected chi connectivity index (χ3v) is 6.42. The van der Waals surface area contributed by atoms with Crippen molar-refractivity contribution in [3.8, 4) is 11.4 Å². The molecule has 5 heterocycles. The molecule has 36 heavy (non-hydrogen) atoms. The number of morpholine rings is 1. The fourth-order valence-corrected chi connectivity index (χ4v) is 4.61. The molecule has 1 saturated heterocycles. The molecule has 6 rings (SSSR count). The van der Waals surface area contributed by atoms with Crippen molar-refractivity contribution in [1.29, 1.82) is 0 Å². The number of aromatic amines is 2. The van der Waals surface area contributed by atoms with Gasteiger partial charge in [0.05, 0.1) is 31.5 Å². The van der Waals surface area contributed by atoms with Crippen LogP contribution in [0.1, 0.15) is 18.2 Å². The molecule has 1 atom stereocenters. The SMILES string of the molecule is C[C@H]1COCCN1c1nc(-c2ccc(Nc3n[nH]c(=O)[nH]3)cc2)nc2c1CCN(c1ncccn1)C2. The van der Waals surface area contributed by atoms with Crippen LogP contribution in [0.4, 0.5) is 23.4 Å². The van der Waals surface area contributed by atoms with Gasteiger partial charge >= 0.3 is 5.69 Å². The van der Waals surface area contributed by atoms with E-state index in [0.717, 1.165) is 42.3 Å². The van der Waals surface area contributed by atoms with Crippen molar-refractivity contribution in [3.63, 3.8) is 0 Å². The molecular formula is C24H26N10O2. The maximum Gasteiger partial charge on any atom is 0.342 e. The van der Waals surface area contributed by atoms with Crippen LogP contribution in [0.5, 0.6) is 0 Å². The van der Waals surface area contributed by atoms with Crippen LogP contribution in [0.25, 0.3) is 11.4 Å². The van der Waals surface area contributed by atoms with Gasteiger partial charge in [-0.05, 0) is 43.7 Å². The summed E-state index contributed by atoms with van der Waals surface area (Å²) >= 11 is 0.